The summed E-state index contributed by atoms with van der Waals surface area (Å²) in [5, 5.41) is 12.6. The van der Waals surface area contributed by atoms with E-state index in [1.807, 2.05) is 19.9 Å². The van der Waals surface area contributed by atoms with Gasteiger partial charge in [0.15, 0.2) is 0 Å². The van der Waals surface area contributed by atoms with Crippen molar-refractivity contribution >= 4 is 5.97 Å². The Kier molecular flexibility index (Phi) is 4.02. The van der Waals surface area contributed by atoms with Crippen molar-refractivity contribution in [2.45, 2.75) is 33.1 Å². The van der Waals surface area contributed by atoms with Gasteiger partial charge < -0.3 is 10.4 Å². The first kappa shape index (κ1) is 13.1. The minimum absolute atomic E-state index is 0.453. The van der Waals surface area contributed by atoms with Crippen LogP contribution in [0.25, 0.3) is 0 Å². The van der Waals surface area contributed by atoms with Crippen LogP contribution in [-0.4, -0.2) is 24.2 Å². The quantitative estimate of drug-likeness (QED) is 0.863. The molecule has 0 amide bonds. The lowest BCUT2D eigenvalue weighted by atomic mass is 9.89. The fraction of sp³-hybridized carbons (Fsp3) is 0.533. The highest BCUT2D eigenvalue weighted by atomic mass is 16.4. The van der Waals surface area contributed by atoms with Crippen molar-refractivity contribution in [3.63, 3.8) is 0 Å². The van der Waals surface area contributed by atoms with Crippen LogP contribution in [0.3, 0.4) is 0 Å². The minimum Gasteiger partial charge on any atom is -0.478 e. The largest absolute Gasteiger partial charge is 0.478 e. The Morgan fingerprint density at radius 3 is 2.83 bits per heavy atom. The van der Waals surface area contributed by atoms with Gasteiger partial charge >= 0.3 is 5.97 Å². The third-order valence-electron chi connectivity index (χ3n) is 3.88. The maximum absolute atomic E-state index is 11.2. The van der Waals surface area contributed by atoms with Crippen molar-refractivity contribution in [3.05, 3.63) is 34.4 Å². The van der Waals surface area contributed by atoms with E-state index >= 15 is 0 Å². The van der Waals surface area contributed by atoms with E-state index in [1.54, 1.807) is 0 Å². The van der Waals surface area contributed by atoms with Crippen LogP contribution in [-0.2, 0) is 6.42 Å². The van der Waals surface area contributed by atoms with Gasteiger partial charge in [-0.25, -0.2) is 4.79 Å². The number of hydrogen-bond acceptors (Lipinski definition) is 2. The molecule has 0 radical (unpaired) electrons. The summed E-state index contributed by atoms with van der Waals surface area (Å²) in [6.45, 7) is 6.04. The lowest BCUT2D eigenvalue weighted by molar-refractivity contribution is 0.0696. The molecule has 2 rings (SSSR count). The highest BCUT2D eigenvalue weighted by Gasteiger charge is 2.16. The first-order valence-corrected chi connectivity index (χ1v) is 6.62. The van der Waals surface area contributed by atoms with Gasteiger partial charge in [-0.1, -0.05) is 6.07 Å². The molecule has 1 heterocycles. The predicted octanol–water partition coefficient (Wildman–Crippen LogP) is 2.54. The Bertz CT molecular complexity index is 448. The summed E-state index contributed by atoms with van der Waals surface area (Å²) in [4.78, 5) is 11.2. The van der Waals surface area contributed by atoms with E-state index in [1.165, 1.54) is 12.8 Å². The summed E-state index contributed by atoms with van der Waals surface area (Å²) in [6.07, 6.45) is 3.44. The van der Waals surface area contributed by atoms with E-state index in [-0.39, 0.29) is 0 Å². The van der Waals surface area contributed by atoms with Crippen molar-refractivity contribution in [3.8, 4) is 0 Å². The fourth-order valence-electron chi connectivity index (χ4n) is 2.71. The van der Waals surface area contributed by atoms with Gasteiger partial charge in [0.05, 0.1) is 5.56 Å². The molecule has 2 N–H and O–H groups in total. The Morgan fingerprint density at radius 1 is 1.44 bits per heavy atom. The van der Waals surface area contributed by atoms with Crippen LogP contribution >= 0.6 is 0 Å². The second-order valence-corrected chi connectivity index (χ2v) is 5.31. The molecule has 1 saturated heterocycles. The second kappa shape index (κ2) is 5.53. The summed E-state index contributed by atoms with van der Waals surface area (Å²) >= 11 is 0. The number of piperidine rings is 1. The van der Waals surface area contributed by atoms with Crippen molar-refractivity contribution < 1.29 is 9.90 Å². The minimum atomic E-state index is -0.820. The van der Waals surface area contributed by atoms with Crippen LogP contribution < -0.4 is 5.32 Å². The number of nitrogens with one attached hydrogen (secondary N) is 1. The monoisotopic (exact) mass is 247 g/mol. The van der Waals surface area contributed by atoms with Gasteiger partial charge in [-0.2, -0.15) is 0 Å². The zero-order valence-electron chi connectivity index (χ0n) is 11.1. The smallest absolute Gasteiger partial charge is 0.335 e. The van der Waals surface area contributed by atoms with Crippen LogP contribution in [0.1, 0.15) is 39.9 Å². The Labute approximate surface area is 108 Å². The Morgan fingerprint density at radius 2 is 2.22 bits per heavy atom. The van der Waals surface area contributed by atoms with Crippen molar-refractivity contribution in [2.75, 3.05) is 13.1 Å². The summed E-state index contributed by atoms with van der Waals surface area (Å²) in [6, 6.07) is 3.98. The lowest BCUT2D eigenvalue weighted by Crippen LogP contribution is -2.30. The molecule has 98 valence electrons. The van der Waals surface area contributed by atoms with E-state index in [9.17, 15) is 9.90 Å². The molecule has 1 aliphatic rings. The first-order valence-electron chi connectivity index (χ1n) is 6.62. The molecule has 18 heavy (non-hydrogen) atoms. The van der Waals surface area contributed by atoms with E-state index in [4.69, 9.17) is 0 Å². The SMILES string of the molecule is Cc1cc(CC2CCCNC2)cc(C(=O)O)c1C. The molecule has 1 aromatic rings. The fourth-order valence-corrected chi connectivity index (χ4v) is 2.71. The zero-order chi connectivity index (χ0) is 13.1. The van der Waals surface area contributed by atoms with Gasteiger partial charge in [-0.15, -0.1) is 0 Å². The molecule has 3 nitrogen and oxygen atoms in total. The maximum atomic E-state index is 11.2. The number of hydrogen-bond donors (Lipinski definition) is 2. The zero-order valence-corrected chi connectivity index (χ0v) is 11.1. The number of carbonyl (C=O) groups is 1. The molecular formula is C15H21NO2. The summed E-state index contributed by atoms with van der Waals surface area (Å²) in [7, 11) is 0. The molecule has 1 atom stereocenters. The molecule has 3 heteroatoms. The van der Waals surface area contributed by atoms with Gasteiger partial charge in [-0.3, -0.25) is 0 Å². The van der Waals surface area contributed by atoms with E-state index < -0.39 is 5.97 Å². The molecule has 0 bridgehead atoms. The predicted molar refractivity (Wildman–Crippen MR) is 72.2 cm³/mol. The van der Waals surface area contributed by atoms with Gasteiger partial charge in [0.25, 0.3) is 0 Å². The average molecular weight is 247 g/mol. The van der Waals surface area contributed by atoms with E-state index in [0.717, 1.165) is 36.2 Å². The molecule has 0 spiro atoms. The summed E-state index contributed by atoms with van der Waals surface area (Å²) < 4.78 is 0. The van der Waals surface area contributed by atoms with Crippen LogP contribution in [0, 0.1) is 19.8 Å². The first-order chi connectivity index (χ1) is 8.58. The number of aryl methyl sites for hydroxylation is 1. The van der Waals surface area contributed by atoms with Crippen LogP contribution in [0.5, 0.6) is 0 Å². The Balaban J connectivity index is 2.20. The normalized spacial score (nSPS) is 19.8. The van der Waals surface area contributed by atoms with Gasteiger partial charge in [0.2, 0.25) is 0 Å². The molecule has 0 aliphatic carbocycles. The van der Waals surface area contributed by atoms with E-state index in [2.05, 4.69) is 11.4 Å². The van der Waals surface area contributed by atoms with E-state index in [0.29, 0.717) is 11.5 Å². The summed E-state index contributed by atoms with van der Waals surface area (Å²) in [5.41, 5.74) is 3.57. The highest BCUT2D eigenvalue weighted by Crippen LogP contribution is 2.21. The van der Waals surface area contributed by atoms with Crippen LogP contribution in [0.4, 0.5) is 0 Å². The number of carboxylic acids is 1. The third-order valence-corrected chi connectivity index (χ3v) is 3.88. The topological polar surface area (TPSA) is 49.3 Å². The molecule has 1 aromatic carbocycles. The van der Waals surface area contributed by atoms with Crippen LogP contribution in [0.2, 0.25) is 0 Å². The molecule has 0 aromatic heterocycles. The van der Waals surface area contributed by atoms with Crippen molar-refractivity contribution in [1.82, 2.24) is 5.32 Å². The van der Waals surface area contributed by atoms with Crippen molar-refractivity contribution in [1.29, 1.82) is 0 Å². The Hall–Kier alpha value is -1.35. The van der Waals surface area contributed by atoms with Crippen LogP contribution in [0.15, 0.2) is 12.1 Å². The lowest BCUT2D eigenvalue weighted by Gasteiger charge is -2.23. The maximum Gasteiger partial charge on any atom is 0.335 e. The molecule has 0 saturated carbocycles. The molecular weight excluding hydrogens is 226 g/mol. The number of rotatable bonds is 3. The standard InChI is InChI=1S/C15H21NO2/c1-10-6-13(7-12-4-3-5-16-9-12)8-14(11(10)2)15(17)18/h6,8,12,16H,3-5,7,9H2,1-2H3,(H,17,18). The molecule has 1 aliphatic heterocycles. The number of carboxylic acid groups (broad SMARTS) is 1. The third kappa shape index (κ3) is 2.91. The highest BCUT2D eigenvalue weighted by molar-refractivity contribution is 5.90. The average Bonchev–Trinajstić information content (AvgIpc) is 2.34. The molecule has 1 fully saturated rings. The number of benzene rings is 1. The van der Waals surface area contributed by atoms with Gasteiger partial charge in [-0.05, 0) is 74.9 Å². The second-order valence-electron chi connectivity index (χ2n) is 5.31. The summed E-state index contributed by atoms with van der Waals surface area (Å²) in [5.74, 6) is -0.179. The van der Waals surface area contributed by atoms with Gasteiger partial charge in [0.1, 0.15) is 0 Å². The molecule has 1 unspecified atom stereocenters. The number of aromatic carboxylic acids is 1. The van der Waals surface area contributed by atoms with Gasteiger partial charge in [0, 0.05) is 0 Å². The van der Waals surface area contributed by atoms with Crippen molar-refractivity contribution in [2.24, 2.45) is 5.92 Å².